The molecule has 0 aliphatic carbocycles. The van der Waals surface area contributed by atoms with E-state index >= 15 is 0 Å². The molecular weight excluding hydrogens is 423 g/mol. The molecular formula is C19H16BrFO6. The van der Waals surface area contributed by atoms with Crippen LogP contribution in [0, 0.1) is 0 Å². The molecule has 0 saturated carbocycles. The zero-order valence-electron chi connectivity index (χ0n) is 14.0. The number of carbonyl (C=O) groups is 2. The number of rotatable bonds is 6. The zero-order valence-corrected chi connectivity index (χ0v) is 15.6. The number of halogens is 2. The van der Waals surface area contributed by atoms with E-state index in [0.29, 0.717) is 5.56 Å². The minimum Gasteiger partial charge on any atom is -0.459 e. The molecule has 0 amide bonds. The van der Waals surface area contributed by atoms with Crippen LogP contribution in [0.25, 0.3) is 0 Å². The smallest absolute Gasteiger partial charge is 0.338 e. The van der Waals surface area contributed by atoms with Crippen molar-refractivity contribution in [2.75, 3.05) is 6.61 Å². The highest BCUT2D eigenvalue weighted by Gasteiger charge is 2.49. The van der Waals surface area contributed by atoms with Gasteiger partial charge in [-0.1, -0.05) is 36.4 Å². The lowest BCUT2D eigenvalue weighted by atomic mass is 10.1. The molecule has 3 rings (SSSR count). The van der Waals surface area contributed by atoms with E-state index in [2.05, 4.69) is 16.3 Å². The van der Waals surface area contributed by atoms with Crippen molar-refractivity contribution in [2.24, 2.45) is 0 Å². The Bertz CT molecular complexity index is 772. The van der Waals surface area contributed by atoms with Gasteiger partial charge in [-0.15, -0.1) is 0 Å². The van der Waals surface area contributed by atoms with Gasteiger partial charge < -0.3 is 14.2 Å². The van der Waals surface area contributed by atoms with Crippen molar-refractivity contribution in [3.63, 3.8) is 0 Å². The summed E-state index contributed by atoms with van der Waals surface area (Å²) < 4.78 is 35.1. The van der Waals surface area contributed by atoms with Crippen LogP contribution in [0.3, 0.4) is 0 Å². The van der Waals surface area contributed by atoms with E-state index in [0.717, 1.165) is 0 Å². The summed E-state index contributed by atoms with van der Waals surface area (Å²) in [6, 6.07) is 16.5. The van der Waals surface area contributed by atoms with Crippen molar-refractivity contribution < 1.29 is 32.0 Å². The van der Waals surface area contributed by atoms with Crippen LogP contribution in [0.1, 0.15) is 20.7 Å². The first kappa shape index (κ1) is 19.5. The average molecular weight is 439 g/mol. The van der Waals surface area contributed by atoms with Crippen LogP contribution in [0.15, 0.2) is 60.7 Å². The van der Waals surface area contributed by atoms with E-state index in [1.54, 1.807) is 60.7 Å². The molecule has 0 spiro atoms. The molecule has 1 aliphatic heterocycles. The number of ether oxygens (including phenoxy) is 3. The van der Waals surface area contributed by atoms with Gasteiger partial charge in [0.2, 0.25) is 6.29 Å². The van der Waals surface area contributed by atoms with E-state index in [4.69, 9.17) is 18.0 Å². The Morgan fingerprint density at radius 2 is 1.52 bits per heavy atom. The summed E-state index contributed by atoms with van der Waals surface area (Å²) in [5.74, 6) is -1.30. The normalized spacial score (nSPS) is 24.4. The van der Waals surface area contributed by atoms with Crippen molar-refractivity contribution in [1.82, 2.24) is 0 Å². The van der Waals surface area contributed by atoms with Gasteiger partial charge in [0.1, 0.15) is 29.0 Å². The molecule has 27 heavy (non-hydrogen) atoms. The third-order valence-electron chi connectivity index (χ3n) is 3.98. The highest BCUT2D eigenvalue weighted by molar-refractivity contribution is 9.06. The monoisotopic (exact) mass is 438 g/mol. The van der Waals surface area contributed by atoms with Crippen molar-refractivity contribution in [3.05, 3.63) is 71.8 Å². The second-order valence-electron chi connectivity index (χ2n) is 5.78. The average Bonchev–Trinajstić information content (AvgIpc) is 3.02. The lowest BCUT2D eigenvalue weighted by Crippen LogP contribution is -2.37. The van der Waals surface area contributed by atoms with Crippen molar-refractivity contribution >= 4 is 28.2 Å². The van der Waals surface area contributed by atoms with Gasteiger partial charge in [-0.2, -0.15) is 0 Å². The van der Waals surface area contributed by atoms with Crippen molar-refractivity contribution in [3.8, 4) is 0 Å². The van der Waals surface area contributed by atoms with Gasteiger partial charge in [0.15, 0.2) is 12.3 Å². The van der Waals surface area contributed by atoms with Gasteiger partial charge in [0.25, 0.3) is 0 Å². The highest BCUT2D eigenvalue weighted by Crippen LogP contribution is 2.30. The summed E-state index contributed by atoms with van der Waals surface area (Å²) in [7, 11) is 0. The molecule has 142 valence electrons. The zero-order chi connectivity index (χ0) is 19.2. The summed E-state index contributed by atoms with van der Waals surface area (Å²) in [5, 5.41) is 0. The first-order valence-electron chi connectivity index (χ1n) is 8.15. The first-order valence-corrected chi connectivity index (χ1v) is 8.80. The molecule has 0 N–H and O–H groups in total. The van der Waals surface area contributed by atoms with E-state index in [9.17, 15) is 14.0 Å². The van der Waals surface area contributed by atoms with Crippen LogP contribution in [0.5, 0.6) is 0 Å². The Morgan fingerprint density at radius 3 is 2.07 bits per heavy atom. The first-order chi connectivity index (χ1) is 13.1. The highest BCUT2D eigenvalue weighted by atomic mass is 79.9. The fourth-order valence-electron chi connectivity index (χ4n) is 2.61. The predicted octanol–water partition coefficient (Wildman–Crippen LogP) is 3.46. The Balaban J connectivity index is 1.66. The molecule has 4 atom stereocenters. The third-order valence-corrected chi connectivity index (χ3v) is 4.35. The number of hydrogen-bond donors (Lipinski definition) is 0. The summed E-state index contributed by atoms with van der Waals surface area (Å²) in [6.45, 7) is -0.298. The fourth-order valence-corrected chi connectivity index (χ4v) is 2.91. The Hall–Kier alpha value is -2.29. The van der Waals surface area contributed by atoms with E-state index in [1.165, 1.54) is 0 Å². The Labute approximate surface area is 163 Å². The molecule has 2 aromatic carbocycles. The minimum absolute atomic E-state index is 0.271. The molecule has 0 aromatic heterocycles. The minimum atomic E-state index is -1.75. The van der Waals surface area contributed by atoms with Gasteiger partial charge in [0.05, 0.1) is 11.1 Å². The van der Waals surface area contributed by atoms with Gasteiger partial charge in [-0.25, -0.2) is 14.0 Å². The van der Waals surface area contributed by atoms with Crippen LogP contribution in [-0.2, 0) is 18.0 Å². The van der Waals surface area contributed by atoms with Gasteiger partial charge in [0, 0.05) is 0 Å². The summed E-state index contributed by atoms with van der Waals surface area (Å²) in [6.07, 6.45) is -5.34. The topological polar surface area (TPSA) is 71.1 Å². The number of alkyl halides is 1. The maximum absolute atomic E-state index is 14.5. The van der Waals surface area contributed by atoms with E-state index < -0.39 is 36.6 Å². The van der Waals surface area contributed by atoms with Crippen LogP contribution < -0.4 is 0 Å². The number of carbonyl (C=O) groups excluding carboxylic acids is 2. The lowest BCUT2D eigenvalue weighted by Gasteiger charge is -2.19. The SMILES string of the molecule is O=C(OC[C@H]1O[C@@H](OBr)[C@@H](F)[C@@H]1OC(=O)c1ccccc1)c1ccccc1. The molecule has 0 radical (unpaired) electrons. The third kappa shape index (κ3) is 4.71. The van der Waals surface area contributed by atoms with Gasteiger partial charge >= 0.3 is 11.9 Å². The Morgan fingerprint density at radius 1 is 0.963 bits per heavy atom. The molecule has 1 saturated heterocycles. The second kappa shape index (κ2) is 9.07. The van der Waals surface area contributed by atoms with Crippen LogP contribution in [0.2, 0.25) is 0 Å². The quantitative estimate of drug-likeness (QED) is 0.643. The number of benzene rings is 2. The van der Waals surface area contributed by atoms with Crippen LogP contribution >= 0.6 is 16.3 Å². The van der Waals surface area contributed by atoms with Crippen LogP contribution in [-0.4, -0.2) is 43.2 Å². The van der Waals surface area contributed by atoms with Crippen molar-refractivity contribution in [2.45, 2.75) is 24.7 Å². The van der Waals surface area contributed by atoms with Crippen LogP contribution in [0.4, 0.5) is 4.39 Å². The molecule has 6 nitrogen and oxygen atoms in total. The summed E-state index contributed by atoms with van der Waals surface area (Å²) >= 11 is 2.69. The number of hydrogen-bond acceptors (Lipinski definition) is 6. The fraction of sp³-hybridized carbons (Fsp3) is 0.263. The Kier molecular flexibility index (Phi) is 6.54. The summed E-state index contributed by atoms with van der Waals surface area (Å²) in [5.41, 5.74) is 0.617. The molecule has 2 aromatic rings. The number of esters is 2. The van der Waals surface area contributed by atoms with Gasteiger partial charge in [-0.3, -0.25) is 3.83 Å². The largest absolute Gasteiger partial charge is 0.459 e. The molecule has 0 bridgehead atoms. The van der Waals surface area contributed by atoms with E-state index in [-0.39, 0.29) is 12.2 Å². The summed E-state index contributed by atoms with van der Waals surface area (Å²) in [4.78, 5) is 24.3. The maximum atomic E-state index is 14.5. The molecule has 0 unspecified atom stereocenters. The second-order valence-corrected chi connectivity index (χ2v) is 6.15. The molecule has 1 fully saturated rings. The predicted molar refractivity (Wildman–Crippen MR) is 95.9 cm³/mol. The molecule has 1 heterocycles. The lowest BCUT2D eigenvalue weighted by molar-refractivity contribution is -0.0944. The molecule has 8 heteroatoms. The maximum Gasteiger partial charge on any atom is 0.338 e. The van der Waals surface area contributed by atoms with Crippen molar-refractivity contribution in [1.29, 1.82) is 0 Å². The van der Waals surface area contributed by atoms with E-state index in [1.807, 2.05) is 0 Å². The van der Waals surface area contributed by atoms with Gasteiger partial charge in [-0.05, 0) is 24.3 Å². The standard InChI is InChI=1S/C19H16BrFO6/c20-27-19-15(21)16(26-18(23)13-9-5-2-6-10-13)14(25-19)11-24-17(22)12-7-3-1-4-8-12/h1-10,14-16,19H,11H2/t14-,15+,16-,19+/m1/s1. The molecule has 1 aliphatic rings.